The van der Waals surface area contributed by atoms with Crippen LogP contribution in [0.25, 0.3) is 0 Å². The van der Waals surface area contributed by atoms with Crippen LogP contribution in [-0.2, 0) is 16.1 Å². The average Bonchev–Trinajstić information content (AvgIpc) is 2.32. The molecule has 1 aliphatic rings. The number of ether oxygens (including phenoxy) is 1. The van der Waals surface area contributed by atoms with E-state index in [4.69, 9.17) is 4.74 Å². The van der Waals surface area contributed by atoms with Crippen molar-refractivity contribution in [3.63, 3.8) is 0 Å². The van der Waals surface area contributed by atoms with Gasteiger partial charge in [0.1, 0.15) is 6.10 Å². The molecule has 1 aromatic rings. The van der Waals surface area contributed by atoms with Gasteiger partial charge in [0.2, 0.25) is 0 Å². The summed E-state index contributed by atoms with van der Waals surface area (Å²) in [7, 11) is 0. The number of hydrogen-bond acceptors (Lipinski definition) is 2. The first kappa shape index (κ1) is 12.2. The van der Waals surface area contributed by atoms with Gasteiger partial charge in [-0.05, 0) is 5.56 Å². The lowest BCUT2D eigenvalue weighted by Crippen LogP contribution is -2.38. The third-order valence-corrected chi connectivity index (χ3v) is 2.87. The molecule has 0 radical (unpaired) electrons. The molecule has 1 saturated carbocycles. The number of carbonyl (C=O) groups is 1. The molecule has 1 fully saturated rings. The van der Waals surface area contributed by atoms with Crippen molar-refractivity contribution in [1.82, 2.24) is 0 Å². The molecule has 1 aliphatic carbocycles. The van der Waals surface area contributed by atoms with Crippen molar-refractivity contribution in [3.8, 4) is 0 Å². The summed E-state index contributed by atoms with van der Waals surface area (Å²) >= 11 is 0. The fourth-order valence-corrected chi connectivity index (χ4v) is 1.88. The summed E-state index contributed by atoms with van der Waals surface area (Å²) in [5.74, 6) is -2.98. The highest BCUT2D eigenvalue weighted by atomic mass is 19.3. The lowest BCUT2D eigenvalue weighted by molar-refractivity contribution is -0.150. The minimum absolute atomic E-state index is 0.0908. The molecule has 0 N–H and O–H groups in total. The summed E-state index contributed by atoms with van der Waals surface area (Å²) in [5, 5.41) is 0. The minimum atomic E-state index is -2.77. The number of carbonyl (C=O) groups excluding carboxylic acids is 1. The molecule has 17 heavy (non-hydrogen) atoms. The average molecular weight is 240 g/mol. The van der Waals surface area contributed by atoms with E-state index in [1.807, 2.05) is 30.3 Å². The lowest BCUT2D eigenvalue weighted by atomic mass is 9.93. The number of alkyl halides is 2. The first-order chi connectivity index (χ1) is 8.07. The van der Waals surface area contributed by atoms with Crippen molar-refractivity contribution in [2.45, 2.75) is 37.9 Å². The second-order valence-corrected chi connectivity index (χ2v) is 4.31. The highest BCUT2D eigenvalue weighted by molar-refractivity contribution is 5.84. The van der Waals surface area contributed by atoms with Gasteiger partial charge in [0.15, 0.2) is 5.78 Å². The van der Waals surface area contributed by atoms with Crippen LogP contribution >= 0.6 is 0 Å². The normalized spacial score (nSPS) is 23.6. The molecule has 0 amide bonds. The Kier molecular flexibility index (Phi) is 3.52. The van der Waals surface area contributed by atoms with Gasteiger partial charge >= 0.3 is 0 Å². The topological polar surface area (TPSA) is 26.3 Å². The molecule has 0 aliphatic heterocycles. The second-order valence-electron chi connectivity index (χ2n) is 4.31. The highest BCUT2D eigenvalue weighted by Gasteiger charge is 2.41. The third kappa shape index (κ3) is 3.33. The highest BCUT2D eigenvalue weighted by Crippen LogP contribution is 2.33. The Hall–Kier alpha value is -1.29. The zero-order valence-electron chi connectivity index (χ0n) is 9.36. The standard InChI is InChI=1S/C13H14F2O2/c14-13(15)7-6-11(16)12(8-13)17-9-10-4-2-1-3-5-10/h1-5,12H,6-9H2. The predicted molar refractivity (Wildman–Crippen MR) is 58.8 cm³/mol. The molecule has 2 nitrogen and oxygen atoms in total. The quantitative estimate of drug-likeness (QED) is 0.812. The summed E-state index contributed by atoms with van der Waals surface area (Å²) in [6.07, 6.45) is -1.89. The Balaban J connectivity index is 1.92. The summed E-state index contributed by atoms with van der Waals surface area (Å²) in [5.41, 5.74) is 0.884. The molecule has 0 saturated heterocycles. The molecule has 1 aromatic carbocycles. The minimum Gasteiger partial charge on any atom is -0.366 e. The molecule has 0 spiro atoms. The van der Waals surface area contributed by atoms with Crippen LogP contribution in [0.1, 0.15) is 24.8 Å². The van der Waals surface area contributed by atoms with Crippen molar-refractivity contribution < 1.29 is 18.3 Å². The van der Waals surface area contributed by atoms with E-state index >= 15 is 0 Å². The smallest absolute Gasteiger partial charge is 0.251 e. The number of Topliss-reactive ketones (excluding diaryl/α,β-unsaturated/α-hetero) is 1. The maximum absolute atomic E-state index is 13.1. The molecule has 0 heterocycles. The monoisotopic (exact) mass is 240 g/mol. The molecular formula is C13H14F2O2. The molecule has 0 aromatic heterocycles. The molecule has 4 heteroatoms. The van der Waals surface area contributed by atoms with Crippen molar-refractivity contribution in [2.24, 2.45) is 0 Å². The van der Waals surface area contributed by atoms with Gasteiger partial charge in [-0.25, -0.2) is 8.78 Å². The van der Waals surface area contributed by atoms with Crippen LogP contribution in [-0.4, -0.2) is 17.8 Å². The van der Waals surface area contributed by atoms with E-state index in [1.165, 1.54) is 0 Å². The first-order valence-electron chi connectivity index (χ1n) is 5.63. The van der Waals surface area contributed by atoms with E-state index in [0.29, 0.717) is 0 Å². The van der Waals surface area contributed by atoms with Gasteiger partial charge in [0, 0.05) is 19.3 Å². The van der Waals surface area contributed by atoms with Crippen LogP contribution in [0, 0.1) is 0 Å². The molecule has 2 rings (SSSR count). The number of rotatable bonds is 3. The second kappa shape index (κ2) is 4.92. The van der Waals surface area contributed by atoms with Gasteiger partial charge in [0.05, 0.1) is 6.61 Å². The van der Waals surface area contributed by atoms with Crippen LogP contribution < -0.4 is 0 Å². The van der Waals surface area contributed by atoms with E-state index < -0.39 is 18.4 Å². The van der Waals surface area contributed by atoms with Gasteiger partial charge in [-0.2, -0.15) is 0 Å². The summed E-state index contributed by atoms with van der Waals surface area (Å²) in [6, 6.07) is 9.23. The number of halogens is 2. The maximum Gasteiger partial charge on any atom is 0.251 e. The van der Waals surface area contributed by atoms with Gasteiger partial charge in [-0.15, -0.1) is 0 Å². The van der Waals surface area contributed by atoms with E-state index in [1.54, 1.807) is 0 Å². The summed E-state index contributed by atoms with van der Waals surface area (Å²) in [6.45, 7) is 0.202. The van der Waals surface area contributed by atoms with Crippen LogP contribution in [0.2, 0.25) is 0 Å². The molecular weight excluding hydrogens is 226 g/mol. The SMILES string of the molecule is O=C1CCC(F)(F)CC1OCc1ccccc1. The zero-order valence-corrected chi connectivity index (χ0v) is 9.36. The van der Waals surface area contributed by atoms with E-state index in [0.717, 1.165) is 5.56 Å². The number of benzene rings is 1. The van der Waals surface area contributed by atoms with Crippen molar-refractivity contribution in [2.75, 3.05) is 0 Å². The Labute approximate surface area is 98.6 Å². The fourth-order valence-electron chi connectivity index (χ4n) is 1.88. The summed E-state index contributed by atoms with van der Waals surface area (Å²) in [4.78, 5) is 11.4. The number of ketones is 1. The number of hydrogen-bond donors (Lipinski definition) is 0. The zero-order chi connectivity index (χ0) is 12.3. The molecule has 1 atom stereocenters. The van der Waals surface area contributed by atoms with Crippen molar-refractivity contribution in [3.05, 3.63) is 35.9 Å². The molecule has 92 valence electrons. The fraction of sp³-hybridized carbons (Fsp3) is 0.462. The predicted octanol–water partition coefficient (Wildman–Crippen LogP) is 2.96. The van der Waals surface area contributed by atoms with Crippen molar-refractivity contribution >= 4 is 5.78 Å². The lowest BCUT2D eigenvalue weighted by Gasteiger charge is -2.27. The van der Waals surface area contributed by atoms with Gasteiger partial charge in [-0.3, -0.25) is 4.79 Å². The maximum atomic E-state index is 13.1. The Morgan fingerprint density at radius 2 is 2.00 bits per heavy atom. The van der Waals surface area contributed by atoms with E-state index in [2.05, 4.69) is 0 Å². The Bertz CT molecular complexity index is 390. The first-order valence-corrected chi connectivity index (χ1v) is 5.63. The van der Waals surface area contributed by atoms with Crippen LogP contribution in [0.15, 0.2) is 30.3 Å². The van der Waals surface area contributed by atoms with Gasteiger partial charge in [0.25, 0.3) is 5.92 Å². The Morgan fingerprint density at radius 3 is 2.71 bits per heavy atom. The van der Waals surface area contributed by atoms with E-state index in [9.17, 15) is 13.6 Å². The van der Waals surface area contributed by atoms with Gasteiger partial charge < -0.3 is 4.74 Å². The molecule has 1 unspecified atom stereocenters. The van der Waals surface area contributed by atoms with Crippen LogP contribution in [0.3, 0.4) is 0 Å². The Morgan fingerprint density at radius 1 is 1.29 bits per heavy atom. The van der Waals surface area contributed by atoms with Crippen LogP contribution in [0.5, 0.6) is 0 Å². The molecule has 0 bridgehead atoms. The largest absolute Gasteiger partial charge is 0.366 e. The summed E-state index contributed by atoms with van der Waals surface area (Å²) < 4.78 is 31.5. The van der Waals surface area contributed by atoms with Crippen LogP contribution in [0.4, 0.5) is 8.78 Å². The van der Waals surface area contributed by atoms with Gasteiger partial charge in [-0.1, -0.05) is 30.3 Å². The van der Waals surface area contributed by atoms with Crippen molar-refractivity contribution in [1.29, 1.82) is 0 Å². The van der Waals surface area contributed by atoms with E-state index in [-0.39, 0.29) is 25.2 Å². The third-order valence-electron chi connectivity index (χ3n) is 2.87.